The minimum Gasteiger partial charge on any atom is -0.370 e. The van der Waals surface area contributed by atoms with E-state index in [0.717, 1.165) is 31.9 Å². The molecule has 2 unspecified atom stereocenters. The molecule has 0 radical (unpaired) electrons. The molecule has 172 valence electrons. The van der Waals surface area contributed by atoms with Crippen LogP contribution in [0, 0.1) is 10.8 Å². The Bertz CT molecular complexity index is 909. The molecule has 2 amide bonds. The molecule has 1 N–H and O–H groups in total. The molecule has 3 heterocycles. The van der Waals surface area contributed by atoms with E-state index in [1.807, 2.05) is 11.8 Å². The Labute approximate surface area is 186 Å². The van der Waals surface area contributed by atoms with E-state index in [-0.39, 0.29) is 16.9 Å². The summed E-state index contributed by atoms with van der Waals surface area (Å²) in [6, 6.07) is 8.68. The van der Waals surface area contributed by atoms with Gasteiger partial charge in [-0.3, -0.25) is 0 Å². The molecule has 1 aromatic carbocycles. The highest BCUT2D eigenvalue weighted by molar-refractivity contribution is 7.88. The number of benzene rings is 1. The van der Waals surface area contributed by atoms with Crippen molar-refractivity contribution < 1.29 is 13.2 Å². The van der Waals surface area contributed by atoms with E-state index in [1.165, 1.54) is 11.9 Å². The van der Waals surface area contributed by atoms with Crippen LogP contribution in [0.5, 0.6) is 0 Å². The second-order valence-corrected chi connectivity index (χ2v) is 11.8. The molecule has 0 aromatic heterocycles. The van der Waals surface area contributed by atoms with Crippen LogP contribution >= 0.6 is 0 Å². The molecule has 3 saturated heterocycles. The summed E-state index contributed by atoms with van der Waals surface area (Å²) in [5.74, 6) is 0. The van der Waals surface area contributed by atoms with Crippen LogP contribution in [0.1, 0.15) is 20.8 Å². The standard InChI is InChI=1S/C22H35N5O3S/c1-5-23-20(28)26-16-21(2)14-25(15-22(21,3)17-26)19-8-6-18(7-9-19)24-10-12-27(13-11-24)31(4,29)30/h6-9H,5,10-17H2,1-4H3,(H,23,28). The number of likely N-dealkylation sites (tertiary alicyclic amines) is 1. The lowest BCUT2D eigenvalue weighted by molar-refractivity contribution is 0.203. The number of fused-ring (bicyclic) bond motifs is 1. The maximum atomic E-state index is 12.3. The van der Waals surface area contributed by atoms with Gasteiger partial charge >= 0.3 is 6.03 Å². The van der Waals surface area contributed by atoms with Crippen LogP contribution in [-0.2, 0) is 10.0 Å². The highest BCUT2D eigenvalue weighted by atomic mass is 32.2. The average Bonchev–Trinajstić information content (AvgIpc) is 3.12. The van der Waals surface area contributed by atoms with E-state index < -0.39 is 10.0 Å². The number of carbonyl (C=O) groups is 1. The largest absolute Gasteiger partial charge is 0.370 e. The SMILES string of the molecule is CCNC(=O)N1CC2(C)CN(c3ccc(N4CCN(S(C)(=O)=O)CC4)cc3)CC2(C)C1. The van der Waals surface area contributed by atoms with Gasteiger partial charge in [0.2, 0.25) is 10.0 Å². The van der Waals surface area contributed by atoms with E-state index in [9.17, 15) is 13.2 Å². The third-order valence-corrected chi connectivity index (χ3v) is 8.82. The number of amides is 2. The van der Waals surface area contributed by atoms with Crippen molar-refractivity contribution in [3.05, 3.63) is 24.3 Å². The number of hydrogen-bond donors (Lipinski definition) is 1. The predicted molar refractivity (Wildman–Crippen MR) is 124 cm³/mol. The van der Waals surface area contributed by atoms with Gasteiger partial charge in [-0.2, -0.15) is 4.31 Å². The molecule has 0 saturated carbocycles. The first kappa shape index (κ1) is 22.2. The molecule has 8 nitrogen and oxygen atoms in total. The van der Waals surface area contributed by atoms with Gasteiger partial charge in [-0.1, -0.05) is 13.8 Å². The molecule has 3 fully saturated rings. The van der Waals surface area contributed by atoms with Gasteiger partial charge in [0.05, 0.1) is 6.26 Å². The third-order valence-electron chi connectivity index (χ3n) is 7.52. The van der Waals surface area contributed by atoms with Crippen LogP contribution < -0.4 is 15.1 Å². The fourth-order valence-electron chi connectivity index (χ4n) is 5.40. The van der Waals surface area contributed by atoms with Crippen molar-refractivity contribution in [1.82, 2.24) is 14.5 Å². The van der Waals surface area contributed by atoms with E-state index in [0.29, 0.717) is 32.7 Å². The van der Waals surface area contributed by atoms with Gasteiger partial charge in [-0.05, 0) is 31.2 Å². The molecule has 1 aromatic rings. The van der Waals surface area contributed by atoms with Crippen LogP contribution in [-0.4, -0.2) is 88.8 Å². The summed E-state index contributed by atoms with van der Waals surface area (Å²) >= 11 is 0. The van der Waals surface area contributed by atoms with Gasteiger partial charge in [0.1, 0.15) is 0 Å². The lowest BCUT2D eigenvalue weighted by atomic mass is 9.71. The van der Waals surface area contributed by atoms with E-state index in [1.54, 1.807) is 4.31 Å². The zero-order valence-electron chi connectivity index (χ0n) is 19.1. The number of nitrogens with zero attached hydrogens (tertiary/aromatic N) is 4. The molecule has 3 aliphatic heterocycles. The average molecular weight is 450 g/mol. The van der Waals surface area contributed by atoms with Crippen molar-refractivity contribution in [3.8, 4) is 0 Å². The lowest BCUT2D eigenvalue weighted by Gasteiger charge is -2.35. The van der Waals surface area contributed by atoms with Crippen molar-refractivity contribution in [3.63, 3.8) is 0 Å². The van der Waals surface area contributed by atoms with Gasteiger partial charge in [0.15, 0.2) is 0 Å². The summed E-state index contributed by atoms with van der Waals surface area (Å²) in [5, 5.41) is 2.93. The zero-order valence-corrected chi connectivity index (χ0v) is 19.9. The number of sulfonamides is 1. The summed E-state index contributed by atoms with van der Waals surface area (Å²) in [6.07, 6.45) is 1.28. The van der Waals surface area contributed by atoms with Crippen LogP contribution in [0.15, 0.2) is 24.3 Å². The minimum atomic E-state index is -3.11. The topological polar surface area (TPSA) is 76.2 Å². The van der Waals surface area contributed by atoms with Crippen LogP contribution in [0.2, 0.25) is 0 Å². The van der Waals surface area contributed by atoms with Crippen molar-refractivity contribution in [2.75, 3.05) is 75.0 Å². The summed E-state index contributed by atoms with van der Waals surface area (Å²) in [6.45, 7) is 13.2. The smallest absolute Gasteiger partial charge is 0.317 e. The molecule has 31 heavy (non-hydrogen) atoms. The number of anilines is 2. The number of rotatable bonds is 4. The first-order valence-corrected chi connectivity index (χ1v) is 13.0. The number of carbonyl (C=O) groups excluding carboxylic acids is 1. The van der Waals surface area contributed by atoms with Gasteiger partial charge < -0.3 is 20.0 Å². The second-order valence-electron chi connectivity index (χ2n) is 9.83. The van der Waals surface area contributed by atoms with Gasteiger partial charge in [0.25, 0.3) is 0 Å². The van der Waals surface area contributed by atoms with Gasteiger partial charge in [-0.15, -0.1) is 0 Å². The predicted octanol–water partition coefficient (Wildman–Crippen LogP) is 1.65. The molecule has 9 heteroatoms. The quantitative estimate of drug-likeness (QED) is 0.756. The van der Waals surface area contributed by atoms with Crippen molar-refractivity contribution in [1.29, 1.82) is 0 Å². The molecule has 0 spiro atoms. The minimum absolute atomic E-state index is 0.0474. The van der Waals surface area contributed by atoms with Crippen molar-refractivity contribution in [2.45, 2.75) is 20.8 Å². The number of piperazine rings is 1. The Morgan fingerprint density at radius 2 is 1.39 bits per heavy atom. The Hall–Kier alpha value is -2.00. The summed E-state index contributed by atoms with van der Waals surface area (Å²) in [7, 11) is -3.11. The van der Waals surface area contributed by atoms with Crippen LogP contribution in [0.3, 0.4) is 0 Å². The normalized spacial score (nSPS) is 29.4. The molecule has 4 rings (SSSR count). The van der Waals surface area contributed by atoms with E-state index >= 15 is 0 Å². The Morgan fingerprint density at radius 1 is 0.903 bits per heavy atom. The molecule has 2 atom stereocenters. The van der Waals surface area contributed by atoms with Crippen molar-refractivity contribution >= 4 is 27.4 Å². The van der Waals surface area contributed by atoms with E-state index in [2.05, 4.69) is 53.2 Å². The maximum Gasteiger partial charge on any atom is 0.317 e. The highest BCUT2D eigenvalue weighted by Crippen LogP contribution is 2.52. The number of hydrogen-bond acceptors (Lipinski definition) is 5. The van der Waals surface area contributed by atoms with Crippen LogP contribution in [0.25, 0.3) is 0 Å². The fourth-order valence-corrected chi connectivity index (χ4v) is 6.23. The Morgan fingerprint density at radius 3 is 1.84 bits per heavy atom. The first-order valence-electron chi connectivity index (χ1n) is 11.1. The zero-order chi connectivity index (χ0) is 22.4. The number of urea groups is 1. The summed E-state index contributed by atoms with van der Waals surface area (Å²) < 4.78 is 25.0. The molecular formula is C22H35N5O3S. The highest BCUT2D eigenvalue weighted by Gasteiger charge is 2.58. The van der Waals surface area contributed by atoms with Crippen molar-refractivity contribution in [2.24, 2.45) is 10.8 Å². The summed E-state index contributed by atoms with van der Waals surface area (Å²) in [5.41, 5.74) is 2.48. The molecule has 0 bridgehead atoms. The molecule has 0 aliphatic carbocycles. The van der Waals surface area contributed by atoms with Gasteiger partial charge in [0, 0.05) is 81.1 Å². The molecule has 3 aliphatic rings. The van der Waals surface area contributed by atoms with E-state index in [4.69, 9.17) is 0 Å². The first-order chi connectivity index (χ1) is 14.5. The summed E-state index contributed by atoms with van der Waals surface area (Å²) in [4.78, 5) is 19.0. The third kappa shape index (κ3) is 4.09. The molecular weight excluding hydrogens is 414 g/mol. The maximum absolute atomic E-state index is 12.3. The Kier molecular flexibility index (Phi) is 5.62. The number of nitrogens with one attached hydrogen (secondary N) is 1. The second kappa shape index (κ2) is 7.85. The lowest BCUT2D eigenvalue weighted by Crippen LogP contribution is -2.48. The van der Waals surface area contributed by atoms with Gasteiger partial charge in [-0.25, -0.2) is 13.2 Å². The van der Waals surface area contributed by atoms with Crippen LogP contribution in [0.4, 0.5) is 16.2 Å². The fraction of sp³-hybridized carbons (Fsp3) is 0.682. The monoisotopic (exact) mass is 449 g/mol. The Balaban J connectivity index is 1.40.